The zero-order chi connectivity index (χ0) is 18.4. The summed E-state index contributed by atoms with van der Waals surface area (Å²) in [4.78, 5) is 0.276. The Morgan fingerprint density at radius 1 is 0.962 bits per heavy atom. The van der Waals surface area contributed by atoms with Crippen molar-refractivity contribution in [3.63, 3.8) is 0 Å². The molecule has 4 nitrogen and oxygen atoms in total. The average molecular weight is 367 g/mol. The zero-order valence-corrected chi connectivity index (χ0v) is 15.6. The standard InChI is InChI=1S/C21H21NO3S/c1-21(2)14-19(18-9-5-6-10-20(18)25-21)22-26(23,24)17-12-11-15-7-3-4-8-16(15)13-17/h3-13,19,22H,14H2,1-2H3/t19-/m1/s1. The molecule has 5 heteroatoms. The molecule has 1 atom stereocenters. The Morgan fingerprint density at radius 2 is 1.65 bits per heavy atom. The highest BCUT2D eigenvalue weighted by molar-refractivity contribution is 7.89. The van der Waals surface area contributed by atoms with E-state index in [0.717, 1.165) is 22.1 Å². The van der Waals surface area contributed by atoms with Crippen LogP contribution in [0.3, 0.4) is 0 Å². The second-order valence-electron chi connectivity index (χ2n) is 7.29. The molecular formula is C21H21NO3S. The molecule has 0 saturated heterocycles. The Bertz CT molecular complexity index is 1070. The maximum atomic E-state index is 13.0. The maximum absolute atomic E-state index is 13.0. The van der Waals surface area contributed by atoms with E-state index in [4.69, 9.17) is 4.74 Å². The molecule has 0 amide bonds. The van der Waals surface area contributed by atoms with Crippen molar-refractivity contribution >= 4 is 20.8 Å². The molecule has 1 aliphatic heterocycles. The Morgan fingerprint density at radius 3 is 2.46 bits per heavy atom. The molecule has 134 valence electrons. The van der Waals surface area contributed by atoms with Crippen LogP contribution in [0.2, 0.25) is 0 Å². The van der Waals surface area contributed by atoms with Crippen LogP contribution in [0.25, 0.3) is 10.8 Å². The van der Waals surface area contributed by atoms with Crippen LogP contribution < -0.4 is 9.46 Å². The fourth-order valence-corrected chi connectivity index (χ4v) is 4.75. The fourth-order valence-electron chi connectivity index (χ4n) is 3.50. The first kappa shape index (κ1) is 17.1. The molecule has 26 heavy (non-hydrogen) atoms. The Labute approximate surface area is 153 Å². The van der Waals surface area contributed by atoms with E-state index in [2.05, 4.69) is 4.72 Å². The first-order chi connectivity index (χ1) is 12.3. The number of rotatable bonds is 3. The summed E-state index contributed by atoms with van der Waals surface area (Å²) in [6.45, 7) is 3.94. The quantitative estimate of drug-likeness (QED) is 0.745. The summed E-state index contributed by atoms with van der Waals surface area (Å²) in [5, 5.41) is 1.92. The fraction of sp³-hybridized carbons (Fsp3) is 0.238. The van der Waals surface area contributed by atoms with Gasteiger partial charge in [-0.1, -0.05) is 48.5 Å². The minimum absolute atomic E-state index is 0.276. The summed E-state index contributed by atoms with van der Waals surface area (Å²) < 4.78 is 34.9. The van der Waals surface area contributed by atoms with Crippen molar-refractivity contribution in [1.29, 1.82) is 0 Å². The highest BCUT2D eigenvalue weighted by Crippen LogP contribution is 2.40. The Hall–Kier alpha value is -2.37. The molecule has 0 unspecified atom stereocenters. The molecule has 1 aliphatic rings. The van der Waals surface area contributed by atoms with Crippen molar-refractivity contribution in [3.05, 3.63) is 72.3 Å². The smallest absolute Gasteiger partial charge is 0.241 e. The Kier molecular flexibility index (Phi) is 4.01. The second kappa shape index (κ2) is 6.11. The van der Waals surface area contributed by atoms with Crippen LogP contribution in [-0.4, -0.2) is 14.0 Å². The third-order valence-electron chi connectivity index (χ3n) is 4.71. The van der Waals surface area contributed by atoms with Gasteiger partial charge in [-0.2, -0.15) is 0 Å². The summed E-state index contributed by atoms with van der Waals surface area (Å²) >= 11 is 0. The molecule has 1 N–H and O–H groups in total. The van der Waals surface area contributed by atoms with Gasteiger partial charge < -0.3 is 4.74 Å². The lowest BCUT2D eigenvalue weighted by Gasteiger charge is -2.37. The predicted octanol–water partition coefficient (Wildman–Crippen LogP) is 4.42. The average Bonchev–Trinajstić information content (AvgIpc) is 2.60. The lowest BCUT2D eigenvalue weighted by Crippen LogP contribution is -2.41. The number of fused-ring (bicyclic) bond motifs is 2. The third-order valence-corrected chi connectivity index (χ3v) is 6.17. The molecule has 0 fully saturated rings. The van der Waals surface area contributed by atoms with Gasteiger partial charge in [0.15, 0.2) is 0 Å². The number of benzene rings is 3. The summed E-state index contributed by atoms with van der Waals surface area (Å²) in [5.74, 6) is 0.731. The molecule has 3 aromatic carbocycles. The zero-order valence-electron chi connectivity index (χ0n) is 14.8. The molecule has 3 aromatic rings. The SMILES string of the molecule is CC1(C)C[C@@H](NS(=O)(=O)c2ccc3ccccc3c2)c2ccccc2O1. The number of hydrogen-bond acceptors (Lipinski definition) is 3. The monoisotopic (exact) mass is 367 g/mol. The van der Waals surface area contributed by atoms with E-state index in [1.807, 2.05) is 68.4 Å². The van der Waals surface area contributed by atoms with E-state index in [1.54, 1.807) is 12.1 Å². The van der Waals surface area contributed by atoms with Gasteiger partial charge in [0, 0.05) is 12.0 Å². The van der Waals surface area contributed by atoms with Gasteiger partial charge >= 0.3 is 0 Å². The summed E-state index contributed by atoms with van der Waals surface area (Å²) in [5.41, 5.74) is 0.432. The van der Waals surface area contributed by atoms with Crippen LogP contribution >= 0.6 is 0 Å². The van der Waals surface area contributed by atoms with Gasteiger partial charge in [0.2, 0.25) is 10.0 Å². The van der Waals surface area contributed by atoms with Gasteiger partial charge in [-0.25, -0.2) is 13.1 Å². The van der Waals surface area contributed by atoms with Crippen LogP contribution in [-0.2, 0) is 10.0 Å². The number of ether oxygens (including phenoxy) is 1. The molecule has 0 saturated carbocycles. The van der Waals surface area contributed by atoms with Crippen LogP contribution in [0.15, 0.2) is 71.6 Å². The summed E-state index contributed by atoms with van der Waals surface area (Å²) in [6.07, 6.45) is 0.566. The molecule has 0 aliphatic carbocycles. The molecular weight excluding hydrogens is 346 g/mol. The van der Waals surface area contributed by atoms with E-state index in [-0.39, 0.29) is 10.9 Å². The second-order valence-corrected chi connectivity index (χ2v) is 9.00. The van der Waals surface area contributed by atoms with Crippen LogP contribution in [0.4, 0.5) is 0 Å². The predicted molar refractivity (Wildman–Crippen MR) is 103 cm³/mol. The number of para-hydroxylation sites is 1. The third kappa shape index (κ3) is 3.20. The minimum atomic E-state index is -3.65. The lowest BCUT2D eigenvalue weighted by molar-refractivity contribution is 0.0702. The van der Waals surface area contributed by atoms with E-state index in [1.165, 1.54) is 0 Å². The topological polar surface area (TPSA) is 55.4 Å². The number of hydrogen-bond donors (Lipinski definition) is 1. The number of sulfonamides is 1. The molecule has 0 spiro atoms. The summed E-state index contributed by atoms with van der Waals surface area (Å²) in [7, 11) is -3.65. The van der Waals surface area contributed by atoms with Crippen molar-refractivity contribution in [2.45, 2.75) is 36.8 Å². The van der Waals surface area contributed by atoms with Crippen molar-refractivity contribution in [1.82, 2.24) is 4.72 Å². The molecule has 0 bridgehead atoms. The molecule has 0 radical (unpaired) electrons. The highest BCUT2D eigenvalue weighted by atomic mass is 32.2. The van der Waals surface area contributed by atoms with Crippen molar-refractivity contribution in [2.75, 3.05) is 0 Å². The van der Waals surface area contributed by atoms with E-state index in [9.17, 15) is 8.42 Å². The van der Waals surface area contributed by atoms with Gasteiger partial charge in [-0.05, 0) is 42.8 Å². The lowest BCUT2D eigenvalue weighted by atomic mass is 9.90. The van der Waals surface area contributed by atoms with Crippen molar-refractivity contribution < 1.29 is 13.2 Å². The van der Waals surface area contributed by atoms with E-state index in [0.29, 0.717) is 6.42 Å². The summed E-state index contributed by atoms with van der Waals surface area (Å²) in [6, 6.07) is 20.2. The van der Waals surface area contributed by atoms with Gasteiger partial charge in [-0.15, -0.1) is 0 Å². The first-order valence-corrected chi connectivity index (χ1v) is 10.1. The molecule has 4 rings (SSSR count). The largest absolute Gasteiger partial charge is 0.487 e. The van der Waals surface area contributed by atoms with Crippen LogP contribution in [0.1, 0.15) is 31.9 Å². The van der Waals surface area contributed by atoms with Gasteiger partial charge in [0.05, 0.1) is 10.9 Å². The van der Waals surface area contributed by atoms with Crippen molar-refractivity contribution in [3.8, 4) is 5.75 Å². The van der Waals surface area contributed by atoms with E-state index < -0.39 is 15.6 Å². The highest BCUT2D eigenvalue weighted by Gasteiger charge is 2.35. The van der Waals surface area contributed by atoms with Crippen LogP contribution in [0.5, 0.6) is 5.75 Å². The van der Waals surface area contributed by atoms with Gasteiger partial charge in [-0.3, -0.25) is 0 Å². The van der Waals surface area contributed by atoms with Crippen LogP contribution in [0, 0.1) is 0 Å². The number of nitrogens with one attached hydrogen (secondary N) is 1. The molecule has 1 heterocycles. The Balaban J connectivity index is 1.71. The maximum Gasteiger partial charge on any atom is 0.241 e. The van der Waals surface area contributed by atoms with Gasteiger partial charge in [0.1, 0.15) is 11.4 Å². The first-order valence-electron chi connectivity index (χ1n) is 8.63. The van der Waals surface area contributed by atoms with E-state index >= 15 is 0 Å². The molecule has 0 aromatic heterocycles. The normalized spacial score (nSPS) is 18.9. The minimum Gasteiger partial charge on any atom is -0.487 e. The van der Waals surface area contributed by atoms with Gasteiger partial charge in [0.25, 0.3) is 0 Å². The van der Waals surface area contributed by atoms with Crippen molar-refractivity contribution in [2.24, 2.45) is 0 Å².